The summed E-state index contributed by atoms with van der Waals surface area (Å²) in [7, 11) is 0. The fourth-order valence-electron chi connectivity index (χ4n) is 11.3. The second-order valence-electron chi connectivity index (χ2n) is 20.6. The molecule has 0 saturated carbocycles. The van der Waals surface area contributed by atoms with Gasteiger partial charge in [0.2, 0.25) is 5.52 Å². The summed E-state index contributed by atoms with van der Waals surface area (Å²) in [5.74, 6) is 1.87. The van der Waals surface area contributed by atoms with Gasteiger partial charge in [-0.1, -0.05) is 176 Å². The Bertz CT molecular complexity index is 4610. The molecule has 0 aliphatic heterocycles. The number of pyridine rings is 4. The SMILES string of the molecule is [2H]F.[CH3-].[Li+].[Li+].[O-]c1cccc2ccc[nH+]c12.c1ccc(N(c2ccccc2)c2ccc3ccc4c(N(c5ccccc5)c5ccccc5)ccc5ccc2c3c54)cc1.c1cnc2c([O][Al]([O]c3cccc4cccnc34)[O]c3cccc4cccnc34)cccc2c1. The van der Waals surface area contributed by atoms with Gasteiger partial charge in [0, 0.05) is 79.7 Å². The molecule has 0 aliphatic rings. The average Bonchev–Trinajstić information content (AvgIpc) is 0.730. The van der Waals surface area contributed by atoms with Gasteiger partial charge in [-0.2, -0.15) is 0 Å². The maximum atomic E-state index is 11.1. The standard InChI is InChI=1S/C40H28N2.4C9H7NO.CH3.Al.FH.2Li/c1-5-13-31(14-6-1)41(32-15-7-2-8-16-32)37-27-23-29-22-26-36-38(28-24-30-21-25-35(37)39(29)40(30)36)42(33-17-9-3-10-18-33)34-19-11-4-12-20-34;4*11-8-5-1-3-7-4-2-6-10-9(7)8;;;;;/h1-28H;4*1-6,11H;1H3;;1H;;/q;;;;;-1;+3;;2*+1/p-3/i/hD. The molecule has 0 unspecified atom stereocenters. The minimum atomic E-state index is -2.86. The molecule has 0 saturated heterocycles. The van der Waals surface area contributed by atoms with E-state index in [0.717, 1.165) is 60.8 Å². The van der Waals surface area contributed by atoms with Gasteiger partial charge in [0.25, 0.3) is 1.45 Å². The molecule has 4 heterocycles. The number of aromatic nitrogens is 4. The van der Waals surface area contributed by atoms with Gasteiger partial charge in [0.15, 0.2) is 6.20 Å². The van der Waals surface area contributed by atoms with Gasteiger partial charge < -0.3 is 33.7 Å². The van der Waals surface area contributed by atoms with E-state index < -0.39 is 15.1 Å². The van der Waals surface area contributed by atoms with Crippen LogP contribution in [-0.4, -0.2) is 31.6 Å². The topological polar surface area (TPSA) is 110 Å². The third-order valence-corrected chi connectivity index (χ3v) is 16.6. The molecule has 0 amide bonds. The number of anilines is 6. The Hall–Kier alpha value is -10.2. The second kappa shape index (κ2) is 29.4. The molecule has 16 aromatic rings. The predicted molar refractivity (Wildman–Crippen MR) is 361 cm³/mol. The fourth-order valence-corrected chi connectivity index (χ4v) is 12.7. The number of fused-ring (bicyclic) bond motifs is 4. The first-order valence-corrected chi connectivity index (χ1v) is 30.1. The van der Waals surface area contributed by atoms with E-state index in [4.69, 9.17) is 16.1 Å². The summed E-state index contributed by atoms with van der Waals surface area (Å²) in [6.45, 7) is 0. The van der Waals surface area contributed by atoms with Crippen molar-refractivity contribution in [3.8, 4) is 23.0 Å². The van der Waals surface area contributed by atoms with Crippen molar-refractivity contribution in [3.63, 3.8) is 0 Å². The molecule has 0 radical (unpaired) electrons. The number of nitrogens with one attached hydrogen (secondary N) is 1. The van der Waals surface area contributed by atoms with Crippen LogP contribution in [0.4, 0.5) is 38.8 Å². The zero-order chi connectivity index (χ0) is 60.3. The van der Waals surface area contributed by atoms with Gasteiger partial charge in [-0.3, -0.25) is 19.7 Å². The number of H-pyrrole nitrogens is 1. The molecule has 1 N–H and O–H groups in total. The summed E-state index contributed by atoms with van der Waals surface area (Å²) in [6, 6.07) is 99.0. The van der Waals surface area contributed by atoms with Crippen molar-refractivity contribution < 1.29 is 63.9 Å². The van der Waals surface area contributed by atoms with Crippen LogP contribution in [0.1, 0.15) is 0 Å². The van der Waals surface area contributed by atoms with Crippen LogP contribution in [0, 0.1) is 7.43 Å². The van der Waals surface area contributed by atoms with Crippen molar-refractivity contribution in [2.24, 2.45) is 0 Å². The van der Waals surface area contributed by atoms with E-state index in [-0.39, 0.29) is 50.9 Å². The van der Waals surface area contributed by atoms with Crippen LogP contribution in [0.3, 0.4) is 0 Å². The summed E-state index contributed by atoms with van der Waals surface area (Å²) in [6.07, 6.45) is 6.99. The molecule has 0 atom stereocenters. The van der Waals surface area contributed by atoms with Gasteiger partial charge in [0.1, 0.15) is 33.8 Å². The van der Waals surface area contributed by atoms with E-state index in [1.807, 2.05) is 109 Å². The predicted octanol–water partition coefficient (Wildman–Crippen LogP) is 12.7. The summed E-state index contributed by atoms with van der Waals surface area (Å²) >= 11 is -2.86. The number of nitrogens with zero attached hydrogens (tertiary/aromatic N) is 5. The number of para-hydroxylation sites is 8. The van der Waals surface area contributed by atoms with Crippen molar-refractivity contribution >= 4 is 125 Å². The van der Waals surface area contributed by atoms with Crippen molar-refractivity contribution in [2.45, 2.75) is 0 Å². The summed E-state index contributed by atoms with van der Waals surface area (Å²) in [4.78, 5) is 21.2. The van der Waals surface area contributed by atoms with Crippen LogP contribution < -0.4 is 69.0 Å². The first-order valence-electron chi connectivity index (χ1n) is 29.1. The van der Waals surface area contributed by atoms with E-state index in [1.165, 1.54) is 43.7 Å². The zero-order valence-electron chi connectivity index (χ0n) is 51.3. The smallest absolute Gasteiger partial charge is 0.868 e. The number of benzene rings is 12. The number of hydrogen-bond donors (Lipinski definition) is 0. The molecule has 16 rings (SSSR count). The van der Waals surface area contributed by atoms with E-state index in [9.17, 15) is 5.11 Å². The van der Waals surface area contributed by atoms with Gasteiger partial charge in [0.05, 0.1) is 11.4 Å². The zero-order valence-corrected chi connectivity index (χ0v) is 51.5. The van der Waals surface area contributed by atoms with Gasteiger partial charge in [-0.15, -0.1) is 0 Å². The molecule has 91 heavy (non-hydrogen) atoms. The quantitative estimate of drug-likeness (QED) is 0.0671. The average molecular weight is 1190 g/mol. The number of aromatic amines is 1. The van der Waals surface area contributed by atoms with Gasteiger partial charge in [-0.05, 0) is 136 Å². The maximum Gasteiger partial charge on any atom is 1.20 e. The molecule has 0 aliphatic carbocycles. The summed E-state index contributed by atoms with van der Waals surface area (Å²) < 4.78 is 32.2. The van der Waals surface area contributed by atoms with E-state index >= 15 is 0 Å². The minimum absolute atomic E-state index is 0. The molecule has 0 spiro atoms. The summed E-state index contributed by atoms with van der Waals surface area (Å²) in [5.41, 5.74) is 9.82. The molecular formula is C77H57AlFLi2N6O4+. The molecule has 0 fully saturated rings. The Labute approximate surface area is 557 Å². The molecule has 10 nitrogen and oxygen atoms in total. The van der Waals surface area contributed by atoms with Gasteiger partial charge >= 0.3 is 52.9 Å². The maximum absolute atomic E-state index is 11.1. The first kappa shape index (κ1) is 62.4. The van der Waals surface area contributed by atoms with E-state index in [1.54, 1.807) is 36.9 Å². The van der Waals surface area contributed by atoms with Crippen LogP contribution in [-0.2, 0) is 0 Å². The molecular weight excluding hydrogens is 1130 g/mol. The third kappa shape index (κ3) is 13.4. The minimum Gasteiger partial charge on any atom is -0.868 e. The van der Waals surface area contributed by atoms with Crippen molar-refractivity contribution in [1.82, 2.24) is 15.0 Å². The Kier molecular flexibility index (Phi) is 20.2. The molecule has 14 heteroatoms. The van der Waals surface area contributed by atoms with E-state index in [2.05, 4.69) is 201 Å². The normalized spacial score (nSPS) is 10.6. The van der Waals surface area contributed by atoms with Crippen LogP contribution in [0.5, 0.6) is 23.0 Å². The Balaban J connectivity index is 0.000000166. The Morgan fingerprint density at radius 1 is 0.352 bits per heavy atom. The largest absolute Gasteiger partial charge is 1.20 e. The molecule has 4 aromatic heterocycles. The Morgan fingerprint density at radius 2 is 0.681 bits per heavy atom. The molecule has 430 valence electrons. The van der Waals surface area contributed by atoms with Crippen LogP contribution in [0.25, 0.3) is 75.9 Å². The second-order valence-corrected chi connectivity index (χ2v) is 21.9. The fraction of sp³-hybridized carbons (Fsp3) is 0. The third-order valence-electron chi connectivity index (χ3n) is 15.3. The number of hydrogen-bond acceptors (Lipinski definition) is 9. The first-order chi connectivity index (χ1) is 44.1. The van der Waals surface area contributed by atoms with Gasteiger partial charge in [-0.25, -0.2) is 4.98 Å². The van der Waals surface area contributed by atoms with Crippen LogP contribution >= 0.6 is 0 Å². The van der Waals surface area contributed by atoms with Crippen molar-refractivity contribution in [3.05, 3.63) is 323 Å². The number of halogens is 1. The van der Waals surface area contributed by atoms with Crippen molar-refractivity contribution in [1.29, 1.82) is 1.45 Å². The summed E-state index contributed by atoms with van der Waals surface area (Å²) in [5, 5.41) is 22.6. The van der Waals surface area contributed by atoms with Crippen LogP contribution in [0.15, 0.2) is 316 Å². The van der Waals surface area contributed by atoms with Crippen molar-refractivity contribution in [2.75, 3.05) is 9.80 Å². The molecule has 0 bridgehead atoms. The molecule has 12 aromatic carbocycles. The monoisotopic (exact) mass is 1190 g/mol. The Morgan fingerprint density at radius 3 is 1.05 bits per heavy atom. The number of rotatable bonds is 12. The van der Waals surface area contributed by atoms with Crippen LogP contribution in [0.2, 0.25) is 0 Å². The van der Waals surface area contributed by atoms with E-state index in [0.29, 0.717) is 22.8 Å².